The van der Waals surface area contributed by atoms with E-state index in [0.29, 0.717) is 6.04 Å². The summed E-state index contributed by atoms with van der Waals surface area (Å²) in [6, 6.07) is 1.37. The lowest BCUT2D eigenvalue weighted by molar-refractivity contribution is 0.180. The second-order valence-corrected chi connectivity index (χ2v) is 6.07. The van der Waals surface area contributed by atoms with Crippen LogP contribution < -0.4 is 10.1 Å². The van der Waals surface area contributed by atoms with Crippen molar-refractivity contribution in [2.75, 3.05) is 20.2 Å². The largest absolute Gasteiger partial charge is 0.481 e. The Labute approximate surface area is 121 Å². The number of piperidine rings is 1. The van der Waals surface area contributed by atoms with Gasteiger partial charge in [-0.05, 0) is 32.7 Å². The van der Waals surface area contributed by atoms with Gasteiger partial charge in [0, 0.05) is 32.2 Å². The quantitative estimate of drug-likeness (QED) is 0.905. The van der Waals surface area contributed by atoms with Gasteiger partial charge in [0.25, 0.3) is 0 Å². The van der Waals surface area contributed by atoms with E-state index in [-0.39, 0.29) is 0 Å². The highest BCUT2D eigenvalue weighted by atomic mass is 16.5. The zero-order valence-electron chi connectivity index (χ0n) is 12.9. The second kappa shape index (κ2) is 5.74. The van der Waals surface area contributed by atoms with Gasteiger partial charge in [-0.3, -0.25) is 4.90 Å². The molecule has 20 heavy (non-hydrogen) atoms. The molecule has 2 saturated heterocycles. The summed E-state index contributed by atoms with van der Waals surface area (Å²) in [5.41, 5.74) is 2.26. The molecule has 2 aliphatic rings. The third kappa shape index (κ3) is 2.44. The van der Waals surface area contributed by atoms with Gasteiger partial charge in [-0.1, -0.05) is 6.42 Å². The third-order valence-electron chi connectivity index (χ3n) is 4.88. The van der Waals surface area contributed by atoms with Crippen LogP contribution in [0, 0.1) is 6.92 Å². The summed E-state index contributed by atoms with van der Waals surface area (Å²) in [7, 11) is 3.66. The number of nitrogens with zero attached hydrogens (tertiary/aromatic N) is 3. The minimum absolute atomic E-state index is 0.625. The van der Waals surface area contributed by atoms with Crippen molar-refractivity contribution in [3.05, 3.63) is 11.3 Å². The molecule has 0 saturated carbocycles. The molecule has 0 radical (unpaired) electrons. The Morgan fingerprint density at radius 1 is 1.30 bits per heavy atom. The first-order valence-corrected chi connectivity index (χ1v) is 7.74. The van der Waals surface area contributed by atoms with Crippen LogP contribution in [0.3, 0.4) is 0 Å². The fraction of sp³-hybridized carbons (Fsp3) is 0.800. The fourth-order valence-corrected chi connectivity index (χ4v) is 3.86. The molecule has 3 heterocycles. The van der Waals surface area contributed by atoms with Gasteiger partial charge < -0.3 is 10.1 Å². The molecule has 0 spiro atoms. The summed E-state index contributed by atoms with van der Waals surface area (Å²) in [5.74, 6) is 0.883. The van der Waals surface area contributed by atoms with Crippen molar-refractivity contribution < 1.29 is 4.74 Å². The van der Waals surface area contributed by atoms with E-state index >= 15 is 0 Å². The van der Waals surface area contributed by atoms with Gasteiger partial charge in [0.2, 0.25) is 5.88 Å². The van der Waals surface area contributed by atoms with Crippen LogP contribution in [0.4, 0.5) is 0 Å². The SMILES string of the molecule is COc1c(CN[C@H]2CCN3CCCC[C@H]23)c(C)nn1C. The first-order valence-electron chi connectivity index (χ1n) is 7.74. The summed E-state index contributed by atoms with van der Waals surface area (Å²) in [5, 5.41) is 8.20. The van der Waals surface area contributed by atoms with Crippen molar-refractivity contribution in [1.82, 2.24) is 20.0 Å². The van der Waals surface area contributed by atoms with Crippen molar-refractivity contribution in [2.45, 2.75) is 51.2 Å². The van der Waals surface area contributed by atoms with E-state index in [0.717, 1.165) is 24.2 Å². The van der Waals surface area contributed by atoms with Gasteiger partial charge in [0.15, 0.2) is 0 Å². The maximum atomic E-state index is 5.47. The smallest absolute Gasteiger partial charge is 0.216 e. The third-order valence-corrected chi connectivity index (χ3v) is 4.88. The molecule has 2 aliphatic heterocycles. The van der Waals surface area contributed by atoms with E-state index in [1.165, 1.54) is 44.3 Å². The van der Waals surface area contributed by atoms with Gasteiger partial charge in [0.1, 0.15) is 0 Å². The van der Waals surface area contributed by atoms with E-state index in [1.807, 2.05) is 11.7 Å². The molecular weight excluding hydrogens is 252 g/mol. The molecule has 1 aromatic heterocycles. The van der Waals surface area contributed by atoms with Crippen LogP contribution in [0.15, 0.2) is 0 Å². The molecule has 0 unspecified atom stereocenters. The van der Waals surface area contributed by atoms with Crippen LogP contribution in [0.25, 0.3) is 0 Å². The summed E-state index contributed by atoms with van der Waals surface area (Å²) in [6.45, 7) is 5.46. The van der Waals surface area contributed by atoms with E-state index in [4.69, 9.17) is 4.74 Å². The number of aromatic nitrogens is 2. The summed E-state index contributed by atoms with van der Waals surface area (Å²) in [6.07, 6.45) is 5.38. The van der Waals surface area contributed by atoms with Crippen LogP contribution in [-0.2, 0) is 13.6 Å². The van der Waals surface area contributed by atoms with Gasteiger partial charge in [-0.15, -0.1) is 0 Å². The Morgan fingerprint density at radius 3 is 2.95 bits per heavy atom. The summed E-state index contributed by atoms with van der Waals surface area (Å²) < 4.78 is 7.30. The minimum Gasteiger partial charge on any atom is -0.481 e. The van der Waals surface area contributed by atoms with E-state index < -0.39 is 0 Å². The lowest BCUT2D eigenvalue weighted by Crippen LogP contribution is -2.44. The lowest BCUT2D eigenvalue weighted by atomic mass is 9.99. The average molecular weight is 278 g/mol. The maximum Gasteiger partial charge on any atom is 0.216 e. The predicted molar refractivity (Wildman–Crippen MR) is 79.0 cm³/mol. The van der Waals surface area contributed by atoms with Gasteiger partial charge in [0.05, 0.1) is 18.4 Å². The number of fused-ring (bicyclic) bond motifs is 1. The Bertz CT molecular complexity index is 471. The van der Waals surface area contributed by atoms with E-state index in [2.05, 4.69) is 22.2 Å². The molecule has 2 atom stereocenters. The van der Waals surface area contributed by atoms with Crippen molar-refractivity contribution in [2.24, 2.45) is 7.05 Å². The number of rotatable bonds is 4. The van der Waals surface area contributed by atoms with Crippen LogP contribution in [0.5, 0.6) is 5.88 Å². The first-order chi connectivity index (χ1) is 9.70. The average Bonchev–Trinajstić information content (AvgIpc) is 2.97. The lowest BCUT2D eigenvalue weighted by Gasteiger charge is -2.32. The minimum atomic E-state index is 0.625. The van der Waals surface area contributed by atoms with Crippen LogP contribution in [0.1, 0.15) is 36.9 Å². The van der Waals surface area contributed by atoms with Crippen molar-refractivity contribution in [3.63, 3.8) is 0 Å². The Balaban J connectivity index is 1.65. The standard InChI is InChI=1S/C15H26N4O/c1-11-12(15(20-3)18(2)17-11)10-16-13-7-9-19-8-5-4-6-14(13)19/h13-14,16H,4-10H2,1-3H3/t13-,14+/m0/s1. The van der Waals surface area contributed by atoms with Crippen molar-refractivity contribution >= 4 is 0 Å². The molecule has 1 aromatic rings. The van der Waals surface area contributed by atoms with E-state index in [1.54, 1.807) is 7.11 Å². The number of hydrogen-bond acceptors (Lipinski definition) is 4. The zero-order valence-corrected chi connectivity index (χ0v) is 12.9. The van der Waals surface area contributed by atoms with Gasteiger partial charge in [-0.2, -0.15) is 5.10 Å². The Hall–Kier alpha value is -1.07. The van der Waals surface area contributed by atoms with Crippen LogP contribution >= 0.6 is 0 Å². The number of ether oxygens (including phenoxy) is 1. The number of hydrogen-bond donors (Lipinski definition) is 1. The highest BCUT2D eigenvalue weighted by molar-refractivity contribution is 5.30. The molecule has 0 aliphatic carbocycles. The summed E-state index contributed by atoms with van der Waals surface area (Å²) in [4.78, 5) is 2.66. The molecule has 5 nitrogen and oxygen atoms in total. The number of aryl methyl sites for hydroxylation is 2. The number of methoxy groups -OCH3 is 1. The summed E-state index contributed by atoms with van der Waals surface area (Å²) >= 11 is 0. The first kappa shape index (κ1) is 13.9. The van der Waals surface area contributed by atoms with Crippen LogP contribution in [-0.4, -0.2) is 47.0 Å². The Morgan fingerprint density at radius 2 is 2.15 bits per heavy atom. The zero-order chi connectivity index (χ0) is 14.1. The molecular formula is C15H26N4O. The van der Waals surface area contributed by atoms with E-state index in [9.17, 15) is 0 Å². The predicted octanol–water partition coefficient (Wildman–Crippen LogP) is 1.45. The molecule has 1 N–H and O–H groups in total. The topological polar surface area (TPSA) is 42.3 Å². The van der Waals surface area contributed by atoms with Crippen molar-refractivity contribution in [1.29, 1.82) is 0 Å². The molecule has 112 valence electrons. The maximum absolute atomic E-state index is 5.47. The molecule has 0 amide bonds. The molecule has 3 rings (SSSR count). The normalized spacial score (nSPS) is 26.8. The highest BCUT2D eigenvalue weighted by Crippen LogP contribution is 2.28. The molecule has 5 heteroatoms. The fourth-order valence-electron chi connectivity index (χ4n) is 3.86. The van der Waals surface area contributed by atoms with Crippen LogP contribution in [0.2, 0.25) is 0 Å². The van der Waals surface area contributed by atoms with Gasteiger partial charge in [-0.25, -0.2) is 4.68 Å². The Kier molecular flexibility index (Phi) is 3.98. The molecule has 0 aromatic carbocycles. The highest BCUT2D eigenvalue weighted by Gasteiger charge is 2.35. The second-order valence-electron chi connectivity index (χ2n) is 6.07. The van der Waals surface area contributed by atoms with Crippen molar-refractivity contribution in [3.8, 4) is 5.88 Å². The molecule has 0 bridgehead atoms. The molecule has 2 fully saturated rings. The van der Waals surface area contributed by atoms with Gasteiger partial charge >= 0.3 is 0 Å². The monoisotopic (exact) mass is 278 g/mol. The number of nitrogens with one attached hydrogen (secondary N) is 1.